The van der Waals surface area contributed by atoms with Crippen LogP contribution in [0.5, 0.6) is 0 Å². The molecule has 0 unspecified atom stereocenters. The molecule has 0 bridgehead atoms. The first-order valence-electron chi connectivity index (χ1n) is 4.82. The van der Waals surface area contributed by atoms with E-state index in [-0.39, 0.29) is 5.91 Å². The second-order valence-electron chi connectivity index (χ2n) is 3.96. The van der Waals surface area contributed by atoms with Crippen molar-refractivity contribution in [3.05, 3.63) is 27.7 Å². The summed E-state index contributed by atoms with van der Waals surface area (Å²) < 4.78 is 0.806. The average molecular weight is 306 g/mol. The summed E-state index contributed by atoms with van der Waals surface area (Å²) in [6.45, 7) is 3.62. The third kappa shape index (κ3) is 3.20. The lowest BCUT2D eigenvalue weighted by Gasteiger charge is -2.22. The van der Waals surface area contributed by atoms with Crippen molar-refractivity contribution >= 4 is 39.1 Å². The standard InChI is InChI=1S/C11H14BrClN2O/c1-11(2,14-3)10(16)15-7-4-5-8(12)9(13)6-7/h4-6,14H,1-3H3,(H,15,16). The van der Waals surface area contributed by atoms with Crippen LogP contribution in [0.15, 0.2) is 22.7 Å². The summed E-state index contributed by atoms with van der Waals surface area (Å²) in [6, 6.07) is 5.29. The van der Waals surface area contributed by atoms with Gasteiger partial charge in [-0.2, -0.15) is 0 Å². The summed E-state index contributed by atoms with van der Waals surface area (Å²) >= 11 is 9.22. The predicted octanol–water partition coefficient (Wildman–Crippen LogP) is 3.04. The Morgan fingerprint density at radius 2 is 2.06 bits per heavy atom. The summed E-state index contributed by atoms with van der Waals surface area (Å²) in [6.07, 6.45) is 0. The Hall–Kier alpha value is -0.580. The first kappa shape index (κ1) is 13.5. The lowest BCUT2D eigenvalue weighted by Crippen LogP contribution is -2.47. The number of nitrogens with one attached hydrogen (secondary N) is 2. The molecule has 1 amide bonds. The van der Waals surface area contributed by atoms with Crippen LogP contribution in [0.1, 0.15) is 13.8 Å². The van der Waals surface area contributed by atoms with Crippen LogP contribution >= 0.6 is 27.5 Å². The van der Waals surface area contributed by atoms with Crippen molar-refractivity contribution in [2.24, 2.45) is 0 Å². The maximum atomic E-state index is 11.8. The maximum absolute atomic E-state index is 11.8. The van der Waals surface area contributed by atoms with E-state index < -0.39 is 5.54 Å². The van der Waals surface area contributed by atoms with Gasteiger partial charge in [-0.15, -0.1) is 0 Å². The van der Waals surface area contributed by atoms with Crippen LogP contribution in [0.4, 0.5) is 5.69 Å². The van der Waals surface area contributed by atoms with Gasteiger partial charge in [-0.3, -0.25) is 4.79 Å². The topological polar surface area (TPSA) is 41.1 Å². The molecular formula is C11H14BrClN2O. The first-order valence-corrected chi connectivity index (χ1v) is 5.99. The van der Waals surface area contributed by atoms with Crippen LogP contribution in [0.2, 0.25) is 5.02 Å². The molecule has 0 aliphatic heterocycles. The first-order chi connectivity index (χ1) is 7.36. The lowest BCUT2D eigenvalue weighted by atomic mass is 10.1. The van der Waals surface area contributed by atoms with Crippen molar-refractivity contribution in [3.63, 3.8) is 0 Å². The van der Waals surface area contributed by atoms with E-state index in [0.717, 1.165) is 4.47 Å². The number of benzene rings is 1. The van der Waals surface area contributed by atoms with Gasteiger partial charge in [0.25, 0.3) is 0 Å². The van der Waals surface area contributed by atoms with Gasteiger partial charge >= 0.3 is 0 Å². The Morgan fingerprint density at radius 1 is 1.44 bits per heavy atom. The molecule has 1 aromatic carbocycles. The largest absolute Gasteiger partial charge is 0.324 e. The highest BCUT2D eigenvalue weighted by Crippen LogP contribution is 2.25. The van der Waals surface area contributed by atoms with Crippen LogP contribution in [-0.4, -0.2) is 18.5 Å². The molecule has 3 nitrogen and oxygen atoms in total. The highest BCUT2D eigenvalue weighted by molar-refractivity contribution is 9.10. The minimum atomic E-state index is -0.612. The van der Waals surface area contributed by atoms with E-state index in [4.69, 9.17) is 11.6 Å². The Labute approximate surface area is 109 Å². The van der Waals surface area contributed by atoms with Gasteiger partial charge in [-0.25, -0.2) is 0 Å². The molecule has 2 N–H and O–H groups in total. The molecule has 1 rings (SSSR count). The number of hydrogen-bond donors (Lipinski definition) is 2. The van der Waals surface area contributed by atoms with Gasteiger partial charge < -0.3 is 10.6 Å². The number of hydrogen-bond acceptors (Lipinski definition) is 2. The number of carbonyl (C=O) groups is 1. The predicted molar refractivity (Wildman–Crippen MR) is 70.9 cm³/mol. The Kier molecular flexibility index (Phi) is 4.35. The van der Waals surface area contributed by atoms with Gasteiger partial charge in [0, 0.05) is 10.2 Å². The highest BCUT2D eigenvalue weighted by atomic mass is 79.9. The van der Waals surface area contributed by atoms with Gasteiger partial charge in [0.2, 0.25) is 5.91 Å². The van der Waals surface area contributed by atoms with E-state index >= 15 is 0 Å². The minimum absolute atomic E-state index is 0.103. The number of rotatable bonds is 3. The molecule has 0 radical (unpaired) electrons. The second-order valence-corrected chi connectivity index (χ2v) is 5.22. The highest BCUT2D eigenvalue weighted by Gasteiger charge is 2.25. The molecule has 0 aliphatic carbocycles. The monoisotopic (exact) mass is 304 g/mol. The van der Waals surface area contributed by atoms with E-state index in [9.17, 15) is 4.79 Å². The van der Waals surface area contributed by atoms with Gasteiger partial charge in [-0.1, -0.05) is 11.6 Å². The van der Waals surface area contributed by atoms with E-state index in [0.29, 0.717) is 10.7 Å². The normalized spacial score (nSPS) is 11.3. The molecule has 0 saturated carbocycles. The molecule has 0 fully saturated rings. The number of halogens is 2. The van der Waals surface area contributed by atoms with E-state index in [1.807, 2.05) is 13.8 Å². The van der Waals surface area contributed by atoms with Crippen molar-refractivity contribution in [2.45, 2.75) is 19.4 Å². The maximum Gasteiger partial charge on any atom is 0.244 e. The van der Waals surface area contributed by atoms with E-state index in [1.54, 1.807) is 25.2 Å². The number of anilines is 1. The van der Waals surface area contributed by atoms with Crippen molar-refractivity contribution in [3.8, 4) is 0 Å². The molecule has 5 heteroatoms. The van der Waals surface area contributed by atoms with Gasteiger partial charge in [-0.05, 0) is 55.0 Å². The smallest absolute Gasteiger partial charge is 0.244 e. The fourth-order valence-corrected chi connectivity index (χ4v) is 1.40. The van der Waals surface area contributed by atoms with Crippen LogP contribution in [0.3, 0.4) is 0 Å². The SMILES string of the molecule is CNC(C)(C)C(=O)Nc1ccc(Br)c(Cl)c1. The van der Waals surface area contributed by atoms with Crippen molar-refractivity contribution < 1.29 is 4.79 Å². The second kappa shape index (κ2) is 5.17. The molecule has 0 spiro atoms. The Balaban J connectivity index is 2.82. The number of likely N-dealkylation sites (N-methyl/N-ethyl adjacent to an activating group) is 1. The zero-order valence-corrected chi connectivity index (χ0v) is 11.7. The van der Waals surface area contributed by atoms with Gasteiger partial charge in [0.15, 0.2) is 0 Å². The zero-order chi connectivity index (χ0) is 12.3. The summed E-state index contributed by atoms with van der Waals surface area (Å²) in [7, 11) is 1.74. The molecule has 0 aromatic heterocycles. The van der Waals surface area contributed by atoms with Crippen molar-refractivity contribution in [2.75, 3.05) is 12.4 Å². The molecule has 88 valence electrons. The number of amides is 1. The Morgan fingerprint density at radius 3 is 2.56 bits per heavy atom. The van der Waals surface area contributed by atoms with E-state index in [1.165, 1.54) is 0 Å². The fourth-order valence-electron chi connectivity index (χ4n) is 0.975. The molecule has 0 heterocycles. The summed E-state index contributed by atoms with van der Waals surface area (Å²) in [4.78, 5) is 11.8. The minimum Gasteiger partial charge on any atom is -0.324 e. The summed E-state index contributed by atoms with van der Waals surface area (Å²) in [5.74, 6) is -0.103. The lowest BCUT2D eigenvalue weighted by molar-refractivity contribution is -0.121. The third-order valence-electron chi connectivity index (χ3n) is 2.37. The summed E-state index contributed by atoms with van der Waals surface area (Å²) in [5, 5.41) is 6.30. The third-order valence-corrected chi connectivity index (χ3v) is 3.60. The van der Waals surface area contributed by atoms with Crippen molar-refractivity contribution in [1.29, 1.82) is 0 Å². The average Bonchev–Trinajstić information content (AvgIpc) is 2.23. The quantitative estimate of drug-likeness (QED) is 0.901. The zero-order valence-electron chi connectivity index (χ0n) is 9.40. The molecule has 0 atom stereocenters. The Bertz CT molecular complexity index is 407. The molecular weight excluding hydrogens is 291 g/mol. The van der Waals surface area contributed by atoms with Gasteiger partial charge in [0.1, 0.15) is 0 Å². The molecule has 1 aromatic rings. The van der Waals surface area contributed by atoms with E-state index in [2.05, 4.69) is 26.6 Å². The molecule has 0 aliphatic rings. The van der Waals surface area contributed by atoms with Crippen LogP contribution in [-0.2, 0) is 4.79 Å². The number of carbonyl (C=O) groups excluding carboxylic acids is 1. The van der Waals surface area contributed by atoms with Crippen LogP contribution in [0.25, 0.3) is 0 Å². The van der Waals surface area contributed by atoms with Gasteiger partial charge in [0.05, 0.1) is 10.6 Å². The molecule has 16 heavy (non-hydrogen) atoms. The van der Waals surface area contributed by atoms with Crippen LogP contribution in [0, 0.1) is 0 Å². The van der Waals surface area contributed by atoms with Crippen LogP contribution < -0.4 is 10.6 Å². The summed E-state index contributed by atoms with van der Waals surface area (Å²) in [5.41, 5.74) is 0.0704. The molecule has 0 saturated heterocycles. The fraction of sp³-hybridized carbons (Fsp3) is 0.364. The van der Waals surface area contributed by atoms with Crippen molar-refractivity contribution in [1.82, 2.24) is 5.32 Å².